The van der Waals surface area contributed by atoms with Gasteiger partial charge in [0.15, 0.2) is 0 Å². The molecule has 0 heterocycles. The predicted molar refractivity (Wildman–Crippen MR) is 51.0 cm³/mol. The van der Waals surface area contributed by atoms with Crippen molar-refractivity contribution in [3.8, 4) is 0 Å². The molecule has 74 valence electrons. The van der Waals surface area contributed by atoms with Gasteiger partial charge in [0.1, 0.15) is 0 Å². The van der Waals surface area contributed by atoms with Gasteiger partial charge < -0.3 is 10.2 Å². The van der Waals surface area contributed by atoms with Crippen LogP contribution in [0.2, 0.25) is 0 Å². The summed E-state index contributed by atoms with van der Waals surface area (Å²) in [6, 6.07) is 0. The van der Waals surface area contributed by atoms with E-state index in [2.05, 4.69) is 20.8 Å². The number of aliphatic hydroxyl groups is 2. The molecular formula is C10H22O2. The molecule has 0 aliphatic carbocycles. The normalized spacial score (nSPS) is 14.8. The topological polar surface area (TPSA) is 40.5 Å². The van der Waals surface area contributed by atoms with Crippen molar-refractivity contribution in [1.29, 1.82) is 0 Å². The van der Waals surface area contributed by atoms with Crippen molar-refractivity contribution in [2.75, 3.05) is 6.61 Å². The summed E-state index contributed by atoms with van der Waals surface area (Å²) in [7, 11) is 0. The summed E-state index contributed by atoms with van der Waals surface area (Å²) in [5.41, 5.74) is 0.306. The van der Waals surface area contributed by atoms with Crippen molar-refractivity contribution in [3.05, 3.63) is 0 Å². The second-order valence-electron chi connectivity index (χ2n) is 4.62. The summed E-state index contributed by atoms with van der Waals surface area (Å²) in [4.78, 5) is 0. The van der Waals surface area contributed by atoms with Crippen molar-refractivity contribution < 1.29 is 10.2 Å². The van der Waals surface area contributed by atoms with Gasteiger partial charge in [0.25, 0.3) is 0 Å². The molecule has 0 aliphatic rings. The molecule has 0 aliphatic heterocycles. The van der Waals surface area contributed by atoms with Gasteiger partial charge in [-0.3, -0.25) is 0 Å². The summed E-state index contributed by atoms with van der Waals surface area (Å²) < 4.78 is 0. The Morgan fingerprint density at radius 3 is 2.17 bits per heavy atom. The van der Waals surface area contributed by atoms with E-state index in [0.717, 1.165) is 19.3 Å². The first-order valence-electron chi connectivity index (χ1n) is 4.74. The summed E-state index contributed by atoms with van der Waals surface area (Å²) >= 11 is 0. The van der Waals surface area contributed by atoms with Crippen LogP contribution < -0.4 is 0 Å². The highest BCUT2D eigenvalue weighted by molar-refractivity contribution is 4.65. The minimum absolute atomic E-state index is 0.187. The lowest BCUT2D eigenvalue weighted by atomic mass is 9.88. The molecule has 2 N–H and O–H groups in total. The van der Waals surface area contributed by atoms with E-state index in [4.69, 9.17) is 5.11 Å². The highest BCUT2D eigenvalue weighted by Crippen LogP contribution is 2.22. The van der Waals surface area contributed by atoms with Crippen molar-refractivity contribution in [2.45, 2.75) is 52.6 Å². The zero-order chi connectivity index (χ0) is 9.61. The van der Waals surface area contributed by atoms with Crippen LogP contribution in [-0.4, -0.2) is 22.9 Å². The lowest BCUT2D eigenvalue weighted by Gasteiger charge is -2.20. The van der Waals surface area contributed by atoms with Crippen LogP contribution in [-0.2, 0) is 0 Å². The molecule has 1 atom stereocenters. The van der Waals surface area contributed by atoms with E-state index in [0.29, 0.717) is 11.8 Å². The Morgan fingerprint density at radius 2 is 1.75 bits per heavy atom. The maximum atomic E-state index is 9.43. The Morgan fingerprint density at radius 1 is 1.17 bits per heavy atom. The fourth-order valence-corrected chi connectivity index (χ4v) is 1.07. The van der Waals surface area contributed by atoms with Crippen LogP contribution >= 0.6 is 0 Å². The van der Waals surface area contributed by atoms with Gasteiger partial charge >= 0.3 is 0 Å². The quantitative estimate of drug-likeness (QED) is 0.668. The average molecular weight is 174 g/mol. The summed E-state index contributed by atoms with van der Waals surface area (Å²) in [6.07, 6.45) is 3.11. The molecule has 0 saturated carbocycles. The lowest BCUT2D eigenvalue weighted by Crippen LogP contribution is -2.13. The Labute approximate surface area is 75.6 Å². The fourth-order valence-electron chi connectivity index (χ4n) is 1.07. The maximum Gasteiger partial charge on any atom is 0.0541 e. The second kappa shape index (κ2) is 5.55. The molecule has 0 saturated heterocycles. The van der Waals surface area contributed by atoms with Crippen molar-refractivity contribution in [1.82, 2.24) is 0 Å². The zero-order valence-electron chi connectivity index (χ0n) is 8.51. The third-order valence-electron chi connectivity index (χ3n) is 1.92. The Bertz CT molecular complexity index is 105. The van der Waals surface area contributed by atoms with Gasteiger partial charge in [-0.1, -0.05) is 20.8 Å². The second-order valence-corrected chi connectivity index (χ2v) is 4.62. The standard InChI is InChI=1S/C10H22O2/c1-10(2,3)7-6-9(12)5-4-8-11/h9,11-12H,4-8H2,1-3H3. The maximum absolute atomic E-state index is 9.43. The molecule has 2 heteroatoms. The zero-order valence-corrected chi connectivity index (χ0v) is 8.51. The first-order valence-corrected chi connectivity index (χ1v) is 4.74. The molecule has 0 aromatic heterocycles. The lowest BCUT2D eigenvalue weighted by molar-refractivity contribution is 0.126. The van der Waals surface area contributed by atoms with Crippen LogP contribution in [0.1, 0.15) is 46.5 Å². The van der Waals surface area contributed by atoms with Crippen molar-refractivity contribution in [2.24, 2.45) is 5.41 Å². The highest BCUT2D eigenvalue weighted by Gasteiger charge is 2.12. The molecule has 0 amide bonds. The van der Waals surface area contributed by atoms with E-state index < -0.39 is 0 Å². The Kier molecular flexibility index (Phi) is 5.51. The van der Waals surface area contributed by atoms with E-state index in [1.165, 1.54) is 0 Å². The number of aliphatic hydroxyl groups excluding tert-OH is 2. The molecule has 0 bridgehead atoms. The van der Waals surface area contributed by atoms with Crippen LogP contribution in [0.4, 0.5) is 0 Å². The fraction of sp³-hybridized carbons (Fsp3) is 1.00. The highest BCUT2D eigenvalue weighted by atomic mass is 16.3. The van der Waals surface area contributed by atoms with Crippen LogP contribution in [0.25, 0.3) is 0 Å². The monoisotopic (exact) mass is 174 g/mol. The average Bonchev–Trinajstić information content (AvgIpc) is 1.95. The first-order chi connectivity index (χ1) is 5.45. The van der Waals surface area contributed by atoms with Gasteiger partial charge in [-0.15, -0.1) is 0 Å². The van der Waals surface area contributed by atoms with Gasteiger partial charge in [0.2, 0.25) is 0 Å². The first kappa shape index (κ1) is 11.9. The van der Waals surface area contributed by atoms with E-state index >= 15 is 0 Å². The van der Waals surface area contributed by atoms with E-state index in [1.54, 1.807) is 0 Å². The van der Waals surface area contributed by atoms with Crippen molar-refractivity contribution >= 4 is 0 Å². The summed E-state index contributed by atoms with van der Waals surface area (Å²) in [5.74, 6) is 0. The molecule has 0 fully saturated rings. The molecule has 0 rings (SSSR count). The number of hydrogen-bond acceptors (Lipinski definition) is 2. The summed E-state index contributed by atoms with van der Waals surface area (Å²) in [5, 5.41) is 18.0. The largest absolute Gasteiger partial charge is 0.396 e. The van der Waals surface area contributed by atoms with E-state index in [9.17, 15) is 5.11 Å². The smallest absolute Gasteiger partial charge is 0.0541 e. The third kappa shape index (κ3) is 8.02. The molecule has 0 aromatic carbocycles. The number of hydrogen-bond donors (Lipinski definition) is 2. The molecule has 0 aromatic rings. The molecule has 1 unspecified atom stereocenters. The van der Waals surface area contributed by atoms with Crippen LogP contribution in [0.15, 0.2) is 0 Å². The van der Waals surface area contributed by atoms with E-state index in [1.807, 2.05) is 0 Å². The number of rotatable bonds is 5. The molecule has 2 nitrogen and oxygen atoms in total. The third-order valence-corrected chi connectivity index (χ3v) is 1.92. The molecule has 12 heavy (non-hydrogen) atoms. The molecule has 0 radical (unpaired) electrons. The van der Waals surface area contributed by atoms with E-state index in [-0.39, 0.29) is 12.7 Å². The molecular weight excluding hydrogens is 152 g/mol. The predicted octanol–water partition coefficient (Wildman–Crippen LogP) is 1.95. The van der Waals surface area contributed by atoms with Crippen LogP contribution in [0.3, 0.4) is 0 Å². The van der Waals surface area contributed by atoms with Gasteiger partial charge in [0.05, 0.1) is 6.10 Å². The van der Waals surface area contributed by atoms with Gasteiger partial charge in [-0.25, -0.2) is 0 Å². The Hall–Kier alpha value is -0.0800. The SMILES string of the molecule is CC(C)(C)CCC(O)CCCO. The summed E-state index contributed by atoms with van der Waals surface area (Å²) in [6.45, 7) is 6.70. The van der Waals surface area contributed by atoms with Gasteiger partial charge in [0, 0.05) is 6.61 Å². The van der Waals surface area contributed by atoms with Crippen molar-refractivity contribution in [3.63, 3.8) is 0 Å². The minimum atomic E-state index is -0.226. The Balaban J connectivity index is 3.37. The van der Waals surface area contributed by atoms with Crippen LogP contribution in [0, 0.1) is 5.41 Å². The van der Waals surface area contributed by atoms with Crippen LogP contribution in [0.5, 0.6) is 0 Å². The van der Waals surface area contributed by atoms with Gasteiger partial charge in [-0.05, 0) is 31.1 Å². The minimum Gasteiger partial charge on any atom is -0.396 e. The molecule has 0 spiro atoms. The van der Waals surface area contributed by atoms with Gasteiger partial charge in [-0.2, -0.15) is 0 Å².